The Morgan fingerprint density at radius 1 is 1.12 bits per heavy atom. The Balaban J connectivity index is 1.97. The highest BCUT2D eigenvalue weighted by atomic mass is 19.1. The second-order valence-corrected chi connectivity index (χ2v) is 3.45. The number of aromatic nitrogens is 1. The van der Waals surface area contributed by atoms with Crippen LogP contribution in [0.25, 0.3) is 0 Å². The lowest BCUT2D eigenvalue weighted by atomic mass is 10.2. The van der Waals surface area contributed by atoms with Gasteiger partial charge in [0.1, 0.15) is 11.6 Å². The number of halogens is 1. The van der Waals surface area contributed by atoms with Gasteiger partial charge in [-0.3, -0.25) is 0 Å². The summed E-state index contributed by atoms with van der Waals surface area (Å²) in [6.45, 7) is 0.638. The van der Waals surface area contributed by atoms with Crippen molar-refractivity contribution < 1.29 is 4.39 Å². The average molecular weight is 217 g/mol. The van der Waals surface area contributed by atoms with Crippen molar-refractivity contribution in [2.75, 3.05) is 11.1 Å². The first kappa shape index (κ1) is 10.4. The van der Waals surface area contributed by atoms with Gasteiger partial charge in [-0.15, -0.1) is 0 Å². The standard InChI is InChI=1S/C12H12FN3/c13-10-2-4-11(5-3-10)15-7-9-1-6-12(14)16-8-9/h1-6,8,15H,7H2,(H2,14,16). The molecule has 1 heterocycles. The number of nitrogens with two attached hydrogens (primary N) is 1. The van der Waals surface area contributed by atoms with Crippen LogP contribution in [0.2, 0.25) is 0 Å². The molecule has 0 aliphatic carbocycles. The molecule has 0 unspecified atom stereocenters. The van der Waals surface area contributed by atoms with E-state index in [0.29, 0.717) is 12.4 Å². The Labute approximate surface area is 93.1 Å². The van der Waals surface area contributed by atoms with Crippen LogP contribution in [0.1, 0.15) is 5.56 Å². The summed E-state index contributed by atoms with van der Waals surface area (Å²) in [6, 6.07) is 9.88. The Kier molecular flexibility index (Phi) is 3.00. The third-order valence-electron chi connectivity index (χ3n) is 2.19. The summed E-state index contributed by atoms with van der Waals surface area (Å²) in [4.78, 5) is 3.98. The minimum Gasteiger partial charge on any atom is -0.384 e. The molecular formula is C12H12FN3. The molecule has 0 fully saturated rings. The second kappa shape index (κ2) is 4.61. The smallest absolute Gasteiger partial charge is 0.123 e. The van der Waals surface area contributed by atoms with Crippen LogP contribution in [0.3, 0.4) is 0 Å². The monoisotopic (exact) mass is 217 g/mol. The van der Waals surface area contributed by atoms with Gasteiger partial charge < -0.3 is 11.1 Å². The maximum absolute atomic E-state index is 12.6. The van der Waals surface area contributed by atoms with E-state index in [2.05, 4.69) is 10.3 Å². The number of hydrogen-bond acceptors (Lipinski definition) is 3. The van der Waals surface area contributed by atoms with E-state index in [1.54, 1.807) is 24.4 Å². The maximum atomic E-state index is 12.6. The summed E-state index contributed by atoms with van der Waals surface area (Å²) in [5.74, 6) is 0.269. The van der Waals surface area contributed by atoms with Crippen molar-refractivity contribution in [1.82, 2.24) is 4.98 Å². The quantitative estimate of drug-likeness (QED) is 0.830. The Morgan fingerprint density at radius 2 is 1.88 bits per heavy atom. The highest BCUT2D eigenvalue weighted by molar-refractivity contribution is 5.43. The Hall–Kier alpha value is -2.10. The van der Waals surface area contributed by atoms with E-state index in [9.17, 15) is 4.39 Å². The molecule has 3 N–H and O–H groups in total. The van der Waals surface area contributed by atoms with E-state index >= 15 is 0 Å². The van der Waals surface area contributed by atoms with Gasteiger partial charge in [0.05, 0.1) is 0 Å². The molecule has 82 valence electrons. The van der Waals surface area contributed by atoms with Crippen LogP contribution in [0.15, 0.2) is 42.6 Å². The Morgan fingerprint density at radius 3 is 2.50 bits per heavy atom. The van der Waals surface area contributed by atoms with Gasteiger partial charge in [0.25, 0.3) is 0 Å². The molecule has 0 amide bonds. The molecular weight excluding hydrogens is 205 g/mol. The zero-order valence-electron chi connectivity index (χ0n) is 8.65. The van der Waals surface area contributed by atoms with Crippen LogP contribution in [0, 0.1) is 5.82 Å². The van der Waals surface area contributed by atoms with Crippen molar-refractivity contribution in [1.29, 1.82) is 0 Å². The van der Waals surface area contributed by atoms with E-state index in [-0.39, 0.29) is 5.82 Å². The fourth-order valence-corrected chi connectivity index (χ4v) is 1.31. The molecule has 1 aromatic heterocycles. The lowest BCUT2D eigenvalue weighted by molar-refractivity contribution is 0.628. The number of nitrogen functional groups attached to an aromatic ring is 1. The molecule has 2 aromatic rings. The van der Waals surface area contributed by atoms with Crippen LogP contribution >= 0.6 is 0 Å². The normalized spacial score (nSPS) is 10.1. The largest absolute Gasteiger partial charge is 0.384 e. The molecule has 0 bridgehead atoms. The number of rotatable bonds is 3. The molecule has 1 aromatic carbocycles. The summed E-state index contributed by atoms with van der Waals surface area (Å²) in [6.07, 6.45) is 1.71. The summed E-state index contributed by atoms with van der Waals surface area (Å²) in [5.41, 5.74) is 7.38. The van der Waals surface area contributed by atoms with Gasteiger partial charge in [-0.05, 0) is 35.9 Å². The van der Waals surface area contributed by atoms with Crippen molar-refractivity contribution in [2.45, 2.75) is 6.54 Å². The first-order valence-electron chi connectivity index (χ1n) is 4.94. The fourth-order valence-electron chi connectivity index (χ4n) is 1.31. The van der Waals surface area contributed by atoms with Crippen molar-refractivity contribution in [3.8, 4) is 0 Å². The highest BCUT2D eigenvalue weighted by Gasteiger charge is 1.95. The molecule has 0 aliphatic rings. The van der Waals surface area contributed by atoms with Crippen LogP contribution in [0.5, 0.6) is 0 Å². The number of nitrogens with one attached hydrogen (secondary N) is 1. The zero-order valence-corrected chi connectivity index (χ0v) is 8.65. The Bertz CT molecular complexity index is 405. The summed E-state index contributed by atoms with van der Waals surface area (Å²) in [7, 11) is 0. The van der Waals surface area contributed by atoms with Crippen molar-refractivity contribution in [3.05, 3.63) is 54.0 Å². The van der Waals surface area contributed by atoms with E-state index in [4.69, 9.17) is 5.73 Å². The lowest BCUT2D eigenvalue weighted by Gasteiger charge is -2.06. The maximum Gasteiger partial charge on any atom is 0.123 e. The number of nitrogens with zero attached hydrogens (tertiary/aromatic N) is 1. The third kappa shape index (κ3) is 2.70. The summed E-state index contributed by atoms with van der Waals surface area (Å²) in [5, 5.41) is 3.16. The van der Waals surface area contributed by atoms with Crippen LogP contribution in [-0.2, 0) is 6.54 Å². The SMILES string of the molecule is Nc1ccc(CNc2ccc(F)cc2)cn1. The van der Waals surface area contributed by atoms with E-state index in [0.717, 1.165) is 11.3 Å². The predicted octanol–water partition coefficient (Wildman–Crippen LogP) is 2.42. The number of pyridine rings is 1. The van der Waals surface area contributed by atoms with Gasteiger partial charge in [0.15, 0.2) is 0 Å². The van der Waals surface area contributed by atoms with Crippen molar-refractivity contribution in [2.24, 2.45) is 0 Å². The van der Waals surface area contributed by atoms with Gasteiger partial charge >= 0.3 is 0 Å². The summed E-state index contributed by atoms with van der Waals surface area (Å²) >= 11 is 0. The molecule has 0 atom stereocenters. The van der Waals surface area contributed by atoms with Crippen LogP contribution in [0.4, 0.5) is 15.9 Å². The summed E-state index contributed by atoms with van der Waals surface area (Å²) < 4.78 is 12.6. The van der Waals surface area contributed by atoms with Crippen LogP contribution in [-0.4, -0.2) is 4.98 Å². The molecule has 0 saturated heterocycles. The van der Waals surface area contributed by atoms with Crippen molar-refractivity contribution >= 4 is 11.5 Å². The van der Waals surface area contributed by atoms with Gasteiger partial charge in [-0.1, -0.05) is 6.07 Å². The highest BCUT2D eigenvalue weighted by Crippen LogP contribution is 2.10. The van der Waals surface area contributed by atoms with Gasteiger partial charge in [0.2, 0.25) is 0 Å². The zero-order chi connectivity index (χ0) is 11.4. The molecule has 16 heavy (non-hydrogen) atoms. The lowest BCUT2D eigenvalue weighted by Crippen LogP contribution is -2.00. The second-order valence-electron chi connectivity index (χ2n) is 3.45. The third-order valence-corrected chi connectivity index (χ3v) is 2.19. The molecule has 0 aliphatic heterocycles. The molecule has 0 saturated carbocycles. The van der Waals surface area contributed by atoms with E-state index in [1.165, 1.54) is 12.1 Å². The minimum absolute atomic E-state index is 0.236. The van der Waals surface area contributed by atoms with Gasteiger partial charge in [-0.2, -0.15) is 0 Å². The fraction of sp³-hybridized carbons (Fsp3) is 0.0833. The topological polar surface area (TPSA) is 50.9 Å². The molecule has 0 spiro atoms. The first-order chi connectivity index (χ1) is 7.74. The predicted molar refractivity (Wildman–Crippen MR) is 62.4 cm³/mol. The molecule has 3 nitrogen and oxygen atoms in total. The van der Waals surface area contributed by atoms with Gasteiger partial charge in [0, 0.05) is 18.4 Å². The minimum atomic E-state index is -0.236. The molecule has 2 rings (SSSR count). The molecule has 4 heteroatoms. The van der Waals surface area contributed by atoms with E-state index < -0.39 is 0 Å². The molecule has 0 radical (unpaired) electrons. The first-order valence-corrected chi connectivity index (χ1v) is 4.94. The van der Waals surface area contributed by atoms with E-state index in [1.807, 2.05) is 6.07 Å². The number of anilines is 2. The van der Waals surface area contributed by atoms with Crippen molar-refractivity contribution in [3.63, 3.8) is 0 Å². The number of hydrogen-bond donors (Lipinski definition) is 2. The van der Waals surface area contributed by atoms with Gasteiger partial charge in [-0.25, -0.2) is 9.37 Å². The average Bonchev–Trinajstić information content (AvgIpc) is 2.30. The van der Waals surface area contributed by atoms with Crippen LogP contribution < -0.4 is 11.1 Å². The number of benzene rings is 1.